The van der Waals surface area contributed by atoms with Crippen molar-refractivity contribution in [1.82, 2.24) is 20.0 Å². The van der Waals surface area contributed by atoms with Crippen molar-refractivity contribution >= 4 is 5.91 Å². The van der Waals surface area contributed by atoms with Crippen molar-refractivity contribution in [2.24, 2.45) is 0 Å². The Kier molecular flexibility index (Phi) is 4.37. The van der Waals surface area contributed by atoms with Crippen molar-refractivity contribution in [2.75, 3.05) is 0 Å². The van der Waals surface area contributed by atoms with Crippen LogP contribution in [0.15, 0.2) is 33.4 Å². The van der Waals surface area contributed by atoms with Crippen molar-refractivity contribution < 1.29 is 13.7 Å². The number of aromatic nitrogens is 3. The lowest BCUT2D eigenvalue weighted by molar-refractivity contribution is 0.0891. The zero-order valence-corrected chi connectivity index (χ0v) is 15.9. The van der Waals surface area contributed by atoms with E-state index in [1.54, 1.807) is 13.2 Å². The van der Waals surface area contributed by atoms with Gasteiger partial charge in [-0.2, -0.15) is 4.98 Å². The van der Waals surface area contributed by atoms with Crippen LogP contribution in [0, 0.1) is 20.8 Å². The Balaban J connectivity index is 1.61. The highest BCUT2D eigenvalue weighted by molar-refractivity contribution is 5.96. The third kappa shape index (κ3) is 3.18. The summed E-state index contributed by atoms with van der Waals surface area (Å²) in [6, 6.07) is 5.73. The van der Waals surface area contributed by atoms with E-state index < -0.39 is 5.54 Å². The Morgan fingerprint density at radius 3 is 2.70 bits per heavy atom. The SMILES string of the molecule is Cc1nc(C2(NC(=O)c3cc(C)n(Cc4ccco4)c3C)CCCC2)no1. The lowest BCUT2D eigenvalue weighted by Gasteiger charge is -2.26. The van der Waals surface area contributed by atoms with E-state index in [0.717, 1.165) is 42.8 Å². The molecule has 1 N–H and O–H groups in total. The highest BCUT2D eigenvalue weighted by atomic mass is 16.5. The molecule has 1 amide bonds. The van der Waals surface area contributed by atoms with E-state index in [4.69, 9.17) is 8.94 Å². The van der Waals surface area contributed by atoms with Gasteiger partial charge in [-0.05, 0) is 44.9 Å². The molecule has 142 valence electrons. The zero-order valence-electron chi connectivity index (χ0n) is 15.9. The molecule has 7 nitrogen and oxygen atoms in total. The van der Waals surface area contributed by atoms with Crippen LogP contribution in [-0.4, -0.2) is 20.6 Å². The number of furan rings is 1. The molecule has 3 heterocycles. The monoisotopic (exact) mass is 368 g/mol. The van der Waals surface area contributed by atoms with E-state index in [2.05, 4.69) is 20.0 Å². The third-order valence-corrected chi connectivity index (χ3v) is 5.48. The van der Waals surface area contributed by atoms with Crippen LogP contribution in [-0.2, 0) is 12.1 Å². The molecule has 0 atom stereocenters. The van der Waals surface area contributed by atoms with Crippen LogP contribution in [0.5, 0.6) is 0 Å². The molecule has 7 heteroatoms. The van der Waals surface area contributed by atoms with Crippen LogP contribution in [0.25, 0.3) is 0 Å². The number of aryl methyl sites for hydroxylation is 2. The molecule has 3 aromatic rings. The van der Waals surface area contributed by atoms with Gasteiger partial charge in [0, 0.05) is 18.3 Å². The van der Waals surface area contributed by atoms with Gasteiger partial charge in [0.15, 0.2) is 5.82 Å². The predicted molar refractivity (Wildman–Crippen MR) is 98.4 cm³/mol. The third-order valence-electron chi connectivity index (χ3n) is 5.48. The van der Waals surface area contributed by atoms with E-state index in [1.807, 2.05) is 32.0 Å². The summed E-state index contributed by atoms with van der Waals surface area (Å²) in [4.78, 5) is 17.5. The summed E-state index contributed by atoms with van der Waals surface area (Å²) < 4.78 is 12.7. The van der Waals surface area contributed by atoms with Gasteiger partial charge in [-0.15, -0.1) is 0 Å². The lowest BCUT2D eigenvalue weighted by Crippen LogP contribution is -2.44. The average Bonchev–Trinajstić information content (AvgIpc) is 3.41. The lowest BCUT2D eigenvalue weighted by atomic mass is 9.96. The smallest absolute Gasteiger partial charge is 0.253 e. The normalized spacial score (nSPS) is 16.0. The second-order valence-electron chi connectivity index (χ2n) is 7.33. The first kappa shape index (κ1) is 17.6. The number of carbonyl (C=O) groups excluding carboxylic acids is 1. The second kappa shape index (κ2) is 6.72. The van der Waals surface area contributed by atoms with Crippen LogP contribution >= 0.6 is 0 Å². The zero-order chi connectivity index (χ0) is 19.0. The Morgan fingerprint density at radius 1 is 1.30 bits per heavy atom. The summed E-state index contributed by atoms with van der Waals surface area (Å²) in [5.74, 6) is 1.86. The van der Waals surface area contributed by atoms with Gasteiger partial charge in [-0.1, -0.05) is 18.0 Å². The van der Waals surface area contributed by atoms with Crippen LogP contribution in [0.4, 0.5) is 0 Å². The van der Waals surface area contributed by atoms with Gasteiger partial charge in [-0.25, -0.2) is 0 Å². The van der Waals surface area contributed by atoms with Crippen molar-refractivity contribution in [2.45, 2.75) is 58.5 Å². The summed E-state index contributed by atoms with van der Waals surface area (Å²) in [5.41, 5.74) is 2.06. The van der Waals surface area contributed by atoms with Crippen molar-refractivity contribution in [3.8, 4) is 0 Å². The van der Waals surface area contributed by atoms with E-state index in [-0.39, 0.29) is 5.91 Å². The molecule has 4 rings (SSSR count). The maximum Gasteiger partial charge on any atom is 0.253 e. The Morgan fingerprint density at radius 2 is 2.07 bits per heavy atom. The molecule has 0 saturated heterocycles. The van der Waals surface area contributed by atoms with Gasteiger partial charge in [0.25, 0.3) is 5.91 Å². The minimum Gasteiger partial charge on any atom is -0.467 e. The number of hydrogen-bond acceptors (Lipinski definition) is 5. The first-order valence-corrected chi connectivity index (χ1v) is 9.31. The van der Waals surface area contributed by atoms with Crippen LogP contribution < -0.4 is 5.32 Å². The Hall–Kier alpha value is -2.83. The molecule has 1 fully saturated rings. The van der Waals surface area contributed by atoms with Crippen molar-refractivity contribution in [1.29, 1.82) is 0 Å². The minimum atomic E-state index is -0.543. The molecule has 0 bridgehead atoms. The largest absolute Gasteiger partial charge is 0.467 e. The van der Waals surface area contributed by atoms with Crippen molar-refractivity contribution in [3.63, 3.8) is 0 Å². The minimum absolute atomic E-state index is 0.0989. The Labute approximate surface area is 157 Å². The molecule has 0 spiro atoms. The number of nitrogens with zero attached hydrogens (tertiary/aromatic N) is 3. The number of hydrogen-bond donors (Lipinski definition) is 1. The molecule has 0 aromatic carbocycles. The summed E-state index contributed by atoms with van der Waals surface area (Å²) in [5, 5.41) is 7.31. The van der Waals surface area contributed by atoms with Gasteiger partial charge in [0.05, 0.1) is 18.4 Å². The molecule has 0 aliphatic heterocycles. The number of amides is 1. The molecular weight excluding hydrogens is 344 g/mol. The number of nitrogens with one attached hydrogen (secondary N) is 1. The van der Waals surface area contributed by atoms with Gasteiger partial charge < -0.3 is 18.8 Å². The topological polar surface area (TPSA) is 86.1 Å². The van der Waals surface area contributed by atoms with E-state index in [9.17, 15) is 4.79 Å². The van der Waals surface area contributed by atoms with Gasteiger partial charge >= 0.3 is 0 Å². The highest BCUT2D eigenvalue weighted by Crippen LogP contribution is 2.37. The van der Waals surface area contributed by atoms with E-state index >= 15 is 0 Å². The second-order valence-corrected chi connectivity index (χ2v) is 7.33. The summed E-state index contributed by atoms with van der Waals surface area (Å²) in [6.45, 7) is 6.33. The molecule has 27 heavy (non-hydrogen) atoms. The molecular formula is C20H24N4O3. The molecule has 0 radical (unpaired) electrons. The summed E-state index contributed by atoms with van der Waals surface area (Å²) in [6.07, 6.45) is 5.37. The van der Waals surface area contributed by atoms with Gasteiger partial charge in [-0.3, -0.25) is 4.79 Å². The van der Waals surface area contributed by atoms with Crippen molar-refractivity contribution in [3.05, 3.63) is 58.9 Å². The van der Waals surface area contributed by atoms with Crippen LogP contribution in [0.1, 0.15) is 64.9 Å². The molecule has 1 aliphatic rings. The number of carbonyl (C=O) groups is 1. The fourth-order valence-electron chi connectivity index (χ4n) is 3.99. The molecule has 1 saturated carbocycles. The predicted octanol–water partition coefficient (Wildman–Crippen LogP) is 3.64. The average molecular weight is 368 g/mol. The molecule has 0 unspecified atom stereocenters. The van der Waals surface area contributed by atoms with Crippen LogP contribution in [0.3, 0.4) is 0 Å². The fourth-order valence-corrected chi connectivity index (χ4v) is 3.99. The molecule has 1 aliphatic carbocycles. The first-order chi connectivity index (χ1) is 13.0. The van der Waals surface area contributed by atoms with Crippen LogP contribution in [0.2, 0.25) is 0 Å². The van der Waals surface area contributed by atoms with Gasteiger partial charge in [0.1, 0.15) is 11.3 Å². The maximum absolute atomic E-state index is 13.1. The Bertz CT molecular complexity index is 946. The summed E-state index contributed by atoms with van der Waals surface area (Å²) in [7, 11) is 0. The molecule has 3 aromatic heterocycles. The number of rotatable bonds is 5. The van der Waals surface area contributed by atoms with E-state index in [1.165, 1.54) is 0 Å². The standard InChI is InChI=1S/C20H24N4O3/c1-13-11-17(14(2)24(13)12-16-7-6-10-26-16)18(25)22-20(8-4-5-9-20)19-21-15(3)27-23-19/h6-7,10-11H,4-5,8-9,12H2,1-3H3,(H,22,25). The maximum atomic E-state index is 13.1. The van der Waals surface area contributed by atoms with E-state index in [0.29, 0.717) is 23.8 Å². The summed E-state index contributed by atoms with van der Waals surface area (Å²) >= 11 is 0. The quantitative estimate of drug-likeness (QED) is 0.743. The highest BCUT2D eigenvalue weighted by Gasteiger charge is 2.41. The fraction of sp³-hybridized carbons (Fsp3) is 0.450. The first-order valence-electron chi connectivity index (χ1n) is 9.31. The van der Waals surface area contributed by atoms with Gasteiger partial charge in [0.2, 0.25) is 5.89 Å².